The van der Waals surface area contributed by atoms with Gasteiger partial charge in [-0.2, -0.15) is 0 Å². The molecular weight excluding hydrogens is 302 g/mol. The van der Waals surface area contributed by atoms with Crippen LogP contribution in [0.5, 0.6) is 0 Å². The molecule has 0 unspecified atom stereocenters. The number of nitrogens with two attached hydrogens (primary N) is 1. The number of fused-ring (bicyclic) bond motifs is 1. The summed E-state index contributed by atoms with van der Waals surface area (Å²) >= 11 is 0. The van der Waals surface area contributed by atoms with Gasteiger partial charge < -0.3 is 11.1 Å². The summed E-state index contributed by atoms with van der Waals surface area (Å²) in [6, 6.07) is 17.7. The number of pyridine rings is 1. The van der Waals surface area contributed by atoms with Gasteiger partial charge in [-0.05, 0) is 17.7 Å². The fourth-order valence-corrected chi connectivity index (χ4v) is 2.60. The highest BCUT2D eigenvalue weighted by Crippen LogP contribution is 2.16. The van der Waals surface area contributed by atoms with E-state index in [-0.39, 0.29) is 5.91 Å². The SMILES string of the molecule is NC(=O)[C@@H](Cc1ccccc1)NC(=O)c1ccnc2ccccc12. The molecule has 3 rings (SSSR count). The van der Waals surface area contributed by atoms with Gasteiger partial charge in [0, 0.05) is 18.0 Å². The molecule has 3 N–H and O–H groups in total. The van der Waals surface area contributed by atoms with E-state index in [4.69, 9.17) is 5.73 Å². The van der Waals surface area contributed by atoms with Crippen LogP contribution in [0.2, 0.25) is 0 Å². The maximum atomic E-state index is 12.6. The standard InChI is InChI=1S/C19H17N3O2/c20-18(23)17(12-13-6-2-1-3-7-13)22-19(24)15-10-11-21-16-9-5-4-8-14(15)16/h1-11,17H,12H2,(H2,20,23)(H,22,24)/t17-/m1/s1. The van der Waals surface area contributed by atoms with Gasteiger partial charge in [-0.1, -0.05) is 48.5 Å². The van der Waals surface area contributed by atoms with Crippen LogP contribution < -0.4 is 11.1 Å². The molecule has 2 amide bonds. The predicted molar refractivity (Wildman–Crippen MR) is 92.3 cm³/mol. The number of benzene rings is 2. The van der Waals surface area contributed by atoms with E-state index in [0.29, 0.717) is 12.0 Å². The Hall–Kier alpha value is -3.21. The van der Waals surface area contributed by atoms with E-state index in [2.05, 4.69) is 10.3 Å². The summed E-state index contributed by atoms with van der Waals surface area (Å²) in [6.45, 7) is 0. The highest BCUT2D eigenvalue weighted by atomic mass is 16.2. The number of nitrogens with zero attached hydrogens (tertiary/aromatic N) is 1. The van der Waals surface area contributed by atoms with E-state index in [1.54, 1.807) is 12.3 Å². The van der Waals surface area contributed by atoms with Crippen molar-refractivity contribution < 1.29 is 9.59 Å². The molecule has 0 bridgehead atoms. The average molecular weight is 319 g/mol. The highest BCUT2D eigenvalue weighted by Gasteiger charge is 2.20. The lowest BCUT2D eigenvalue weighted by atomic mass is 10.0. The normalized spacial score (nSPS) is 11.8. The Bertz CT molecular complexity index is 873. The molecule has 120 valence electrons. The first kappa shape index (κ1) is 15.7. The van der Waals surface area contributed by atoms with E-state index in [1.165, 1.54) is 0 Å². The van der Waals surface area contributed by atoms with Crippen LogP contribution in [-0.2, 0) is 11.2 Å². The fourth-order valence-electron chi connectivity index (χ4n) is 2.60. The zero-order valence-corrected chi connectivity index (χ0v) is 13.0. The second kappa shape index (κ2) is 6.91. The predicted octanol–water partition coefficient (Wildman–Crippen LogP) is 2.06. The van der Waals surface area contributed by atoms with E-state index in [0.717, 1.165) is 16.5 Å². The molecule has 0 aliphatic carbocycles. The van der Waals surface area contributed by atoms with Crippen LogP contribution in [0.25, 0.3) is 10.9 Å². The van der Waals surface area contributed by atoms with Crippen molar-refractivity contribution in [3.05, 3.63) is 78.0 Å². The Balaban J connectivity index is 1.84. The Labute approximate surface area is 139 Å². The fraction of sp³-hybridized carbons (Fsp3) is 0.105. The summed E-state index contributed by atoms with van der Waals surface area (Å²) in [6.07, 6.45) is 1.93. The summed E-state index contributed by atoms with van der Waals surface area (Å²) in [5.41, 5.74) is 7.59. The van der Waals surface area contributed by atoms with Gasteiger partial charge in [-0.3, -0.25) is 14.6 Å². The van der Waals surface area contributed by atoms with E-state index in [1.807, 2.05) is 54.6 Å². The van der Waals surface area contributed by atoms with Crippen molar-refractivity contribution in [3.63, 3.8) is 0 Å². The number of aromatic nitrogens is 1. The van der Waals surface area contributed by atoms with Crippen molar-refractivity contribution in [3.8, 4) is 0 Å². The van der Waals surface area contributed by atoms with Gasteiger partial charge in [-0.25, -0.2) is 0 Å². The summed E-state index contributed by atoms with van der Waals surface area (Å²) < 4.78 is 0. The molecule has 0 fully saturated rings. The zero-order valence-electron chi connectivity index (χ0n) is 13.0. The molecule has 2 aromatic carbocycles. The third-order valence-corrected chi connectivity index (χ3v) is 3.83. The lowest BCUT2D eigenvalue weighted by Gasteiger charge is -2.16. The van der Waals surface area contributed by atoms with Crippen molar-refractivity contribution >= 4 is 22.7 Å². The Morgan fingerprint density at radius 1 is 1.00 bits per heavy atom. The van der Waals surface area contributed by atoms with Crippen LogP contribution in [0.4, 0.5) is 0 Å². The number of carbonyl (C=O) groups excluding carboxylic acids is 2. The van der Waals surface area contributed by atoms with E-state index < -0.39 is 11.9 Å². The van der Waals surface area contributed by atoms with Gasteiger partial charge in [0.15, 0.2) is 0 Å². The maximum absolute atomic E-state index is 12.6. The lowest BCUT2D eigenvalue weighted by Crippen LogP contribution is -2.45. The summed E-state index contributed by atoms with van der Waals surface area (Å²) in [5.74, 6) is -0.904. The van der Waals surface area contributed by atoms with Crippen LogP contribution >= 0.6 is 0 Å². The number of hydrogen-bond donors (Lipinski definition) is 2. The smallest absolute Gasteiger partial charge is 0.252 e. The summed E-state index contributed by atoms with van der Waals surface area (Å²) in [7, 11) is 0. The van der Waals surface area contributed by atoms with Gasteiger partial charge in [-0.15, -0.1) is 0 Å². The molecule has 24 heavy (non-hydrogen) atoms. The Morgan fingerprint density at radius 3 is 2.46 bits per heavy atom. The highest BCUT2D eigenvalue weighted by molar-refractivity contribution is 6.07. The quantitative estimate of drug-likeness (QED) is 0.755. The lowest BCUT2D eigenvalue weighted by molar-refractivity contribution is -0.119. The zero-order chi connectivity index (χ0) is 16.9. The van der Waals surface area contributed by atoms with E-state index >= 15 is 0 Å². The van der Waals surface area contributed by atoms with Crippen LogP contribution in [0.15, 0.2) is 66.9 Å². The Kier molecular flexibility index (Phi) is 4.52. The molecule has 0 saturated carbocycles. The maximum Gasteiger partial charge on any atom is 0.252 e. The first-order valence-electron chi connectivity index (χ1n) is 7.63. The first-order valence-corrected chi connectivity index (χ1v) is 7.63. The molecule has 1 aromatic heterocycles. The monoisotopic (exact) mass is 319 g/mol. The third kappa shape index (κ3) is 3.41. The number of nitrogens with one attached hydrogen (secondary N) is 1. The van der Waals surface area contributed by atoms with Crippen molar-refractivity contribution in [2.24, 2.45) is 5.73 Å². The van der Waals surface area contributed by atoms with Crippen LogP contribution in [0.1, 0.15) is 15.9 Å². The van der Waals surface area contributed by atoms with Gasteiger partial charge in [0.2, 0.25) is 5.91 Å². The van der Waals surface area contributed by atoms with Crippen molar-refractivity contribution in [1.29, 1.82) is 0 Å². The molecular formula is C19H17N3O2. The number of carbonyl (C=O) groups is 2. The van der Waals surface area contributed by atoms with E-state index in [9.17, 15) is 9.59 Å². The largest absolute Gasteiger partial charge is 0.368 e. The summed E-state index contributed by atoms with van der Waals surface area (Å²) in [5, 5.41) is 3.47. The molecule has 0 radical (unpaired) electrons. The topological polar surface area (TPSA) is 85.1 Å². The van der Waals surface area contributed by atoms with Crippen LogP contribution in [-0.4, -0.2) is 22.8 Å². The van der Waals surface area contributed by atoms with Crippen LogP contribution in [0.3, 0.4) is 0 Å². The van der Waals surface area contributed by atoms with Crippen LogP contribution in [0, 0.1) is 0 Å². The minimum absolute atomic E-state index is 0.340. The second-order valence-electron chi connectivity index (χ2n) is 5.49. The first-order chi connectivity index (χ1) is 11.6. The molecule has 0 aliphatic heterocycles. The number of rotatable bonds is 5. The van der Waals surface area contributed by atoms with Gasteiger partial charge in [0.05, 0.1) is 11.1 Å². The van der Waals surface area contributed by atoms with Gasteiger partial charge >= 0.3 is 0 Å². The molecule has 0 saturated heterocycles. The van der Waals surface area contributed by atoms with Gasteiger partial charge in [0.1, 0.15) is 6.04 Å². The number of primary amides is 1. The van der Waals surface area contributed by atoms with Crippen molar-refractivity contribution in [1.82, 2.24) is 10.3 Å². The Morgan fingerprint density at radius 2 is 1.71 bits per heavy atom. The summed E-state index contributed by atoms with van der Waals surface area (Å²) in [4.78, 5) is 28.6. The number of para-hydroxylation sites is 1. The second-order valence-corrected chi connectivity index (χ2v) is 5.49. The molecule has 0 spiro atoms. The molecule has 1 heterocycles. The minimum atomic E-state index is -0.771. The third-order valence-electron chi connectivity index (χ3n) is 3.83. The molecule has 0 aliphatic rings. The molecule has 5 heteroatoms. The minimum Gasteiger partial charge on any atom is -0.368 e. The average Bonchev–Trinajstić information content (AvgIpc) is 2.61. The number of amides is 2. The molecule has 1 atom stereocenters. The van der Waals surface area contributed by atoms with Crippen molar-refractivity contribution in [2.45, 2.75) is 12.5 Å². The van der Waals surface area contributed by atoms with Gasteiger partial charge in [0.25, 0.3) is 5.91 Å². The van der Waals surface area contributed by atoms with Crippen molar-refractivity contribution in [2.75, 3.05) is 0 Å². The molecule has 5 nitrogen and oxygen atoms in total. The molecule has 3 aromatic rings. The number of hydrogen-bond acceptors (Lipinski definition) is 3.